The van der Waals surface area contributed by atoms with Gasteiger partial charge in [-0.3, -0.25) is 0 Å². The number of aliphatic hydroxyl groups is 1. The smallest absolute Gasteiger partial charge is 0.150 e. The minimum atomic E-state index is -0.566. The van der Waals surface area contributed by atoms with Crippen molar-refractivity contribution in [2.45, 2.75) is 6.61 Å². The van der Waals surface area contributed by atoms with E-state index in [4.69, 9.17) is 14.6 Å². The van der Waals surface area contributed by atoms with Crippen molar-refractivity contribution in [3.63, 3.8) is 0 Å². The Morgan fingerprint density at radius 2 is 1.93 bits per heavy atom. The van der Waals surface area contributed by atoms with E-state index in [1.54, 1.807) is 0 Å². The van der Waals surface area contributed by atoms with Crippen LogP contribution in [0.2, 0.25) is 0 Å². The molecule has 1 aromatic rings. The van der Waals surface area contributed by atoms with Gasteiger partial charge in [0.05, 0.1) is 30.9 Å². The summed E-state index contributed by atoms with van der Waals surface area (Å²) in [7, 11) is 2.83. The molecular weight excluding hydrogens is 255 g/mol. The van der Waals surface area contributed by atoms with Crippen molar-refractivity contribution in [1.82, 2.24) is 0 Å². The molecule has 1 aromatic carbocycles. The molecule has 1 rings (SSSR count). The van der Waals surface area contributed by atoms with Gasteiger partial charge in [0.1, 0.15) is 17.3 Å². The molecule has 0 fully saturated rings. The van der Waals surface area contributed by atoms with E-state index in [0.29, 0.717) is 5.75 Å². The zero-order valence-electron chi connectivity index (χ0n) is 7.80. The summed E-state index contributed by atoms with van der Waals surface area (Å²) in [5.41, 5.74) is 0.111. The zero-order valence-corrected chi connectivity index (χ0v) is 9.39. The van der Waals surface area contributed by atoms with E-state index in [1.807, 2.05) is 0 Å². The fourth-order valence-corrected chi connectivity index (χ4v) is 1.61. The molecule has 0 aliphatic rings. The monoisotopic (exact) mass is 264 g/mol. The number of aliphatic hydroxyl groups excluding tert-OH is 1. The Morgan fingerprint density at radius 1 is 1.36 bits per heavy atom. The van der Waals surface area contributed by atoms with Crippen LogP contribution in [-0.2, 0) is 6.61 Å². The molecule has 5 heteroatoms. The van der Waals surface area contributed by atoms with Crippen LogP contribution in [0, 0.1) is 5.82 Å². The Morgan fingerprint density at radius 3 is 2.36 bits per heavy atom. The van der Waals surface area contributed by atoms with Crippen LogP contribution in [-0.4, -0.2) is 19.3 Å². The van der Waals surface area contributed by atoms with Gasteiger partial charge in [-0.05, 0) is 15.9 Å². The molecule has 1 N–H and O–H groups in total. The molecule has 0 aromatic heterocycles. The molecule has 0 saturated carbocycles. The molecule has 0 atom stereocenters. The second-order valence-corrected chi connectivity index (χ2v) is 3.34. The second-order valence-electron chi connectivity index (χ2n) is 2.55. The van der Waals surface area contributed by atoms with Crippen molar-refractivity contribution in [3.05, 3.63) is 21.9 Å². The summed E-state index contributed by atoms with van der Waals surface area (Å²) >= 11 is 3.03. The van der Waals surface area contributed by atoms with Gasteiger partial charge < -0.3 is 14.6 Å². The molecular formula is C9H10BrFO3. The average Bonchev–Trinajstić information content (AvgIpc) is 2.21. The van der Waals surface area contributed by atoms with Crippen LogP contribution in [0.1, 0.15) is 5.56 Å². The molecule has 0 heterocycles. The molecule has 14 heavy (non-hydrogen) atoms. The lowest BCUT2D eigenvalue weighted by Gasteiger charge is -2.11. The fourth-order valence-electron chi connectivity index (χ4n) is 1.10. The second kappa shape index (κ2) is 4.61. The topological polar surface area (TPSA) is 38.7 Å². The van der Waals surface area contributed by atoms with Crippen LogP contribution in [0.25, 0.3) is 0 Å². The van der Waals surface area contributed by atoms with Gasteiger partial charge in [-0.25, -0.2) is 4.39 Å². The highest BCUT2D eigenvalue weighted by atomic mass is 79.9. The van der Waals surface area contributed by atoms with Crippen molar-refractivity contribution in [1.29, 1.82) is 0 Å². The fraction of sp³-hybridized carbons (Fsp3) is 0.333. The van der Waals surface area contributed by atoms with E-state index in [2.05, 4.69) is 15.9 Å². The van der Waals surface area contributed by atoms with Crippen LogP contribution in [0.4, 0.5) is 4.39 Å². The standard InChI is InChI=1S/C9H10BrFO3/c1-13-6-3-7(14-2)8(10)9(11)5(6)4-12/h3,12H,4H2,1-2H3. The van der Waals surface area contributed by atoms with Gasteiger partial charge in [0.25, 0.3) is 0 Å². The minimum Gasteiger partial charge on any atom is -0.496 e. The SMILES string of the molecule is COc1cc(OC)c(CO)c(F)c1Br. The maximum absolute atomic E-state index is 13.5. The first-order valence-electron chi connectivity index (χ1n) is 3.85. The van der Waals surface area contributed by atoms with E-state index in [0.717, 1.165) is 0 Å². The van der Waals surface area contributed by atoms with Crippen LogP contribution < -0.4 is 9.47 Å². The number of hydrogen-bond donors (Lipinski definition) is 1. The highest BCUT2D eigenvalue weighted by molar-refractivity contribution is 9.10. The van der Waals surface area contributed by atoms with Gasteiger partial charge in [-0.2, -0.15) is 0 Å². The summed E-state index contributed by atoms with van der Waals surface area (Å²) in [6.07, 6.45) is 0. The maximum atomic E-state index is 13.5. The molecule has 0 spiro atoms. The van der Waals surface area contributed by atoms with Crippen LogP contribution in [0.3, 0.4) is 0 Å². The third kappa shape index (κ3) is 1.83. The Balaban J connectivity index is 3.38. The molecule has 0 aliphatic heterocycles. The van der Waals surface area contributed by atoms with E-state index >= 15 is 0 Å². The number of ether oxygens (including phenoxy) is 2. The number of hydrogen-bond acceptors (Lipinski definition) is 3. The Bertz CT molecular complexity index is 341. The molecule has 0 aliphatic carbocycles. The summed E-state index contributed by atoms with van der Waals surface area (Å²) in [5.74, 6) is 0.0327. The average molecular weight is 265 g/mol. The summed E-state index contributed by atoms with van der Waals surface area (Å²) < 4.78 is 23.5. The molecule has 3 nitrogen and oxygen atoms in total. The summed E-state index contributed by atoms with van der Waals surface area (Å²) in [4.78, 5) is 0. The van der Waals surface area contributed by atoms with Crippen LogP contribution in [0.5, 0.6) is 11.5 Å². The lowest BCUT2D eigenvalue weighted by molar-refractivity contribution is 0.265. The van der Waals surface area contributed by atoms with Gasteiger partial charge in [0, 0.05) is 6.07 Å². The highest BCUT2D eigenvalue weighted by Crippen LogP contribution is 2.36. The van der Waals surface area contributed by atoms with Gasteiger partial charge in [0.2, 0.25) is 0 Å². The molecule has 78 valence electrons. The maximum Gasteiger partial charge on any atom is 0.150 e. The van der Waals surface area contributed by atoms with Crippen molar-refractivity contribution in [2.75, 3.05) is 14.2 Å². The summed E-state index contributed by atoms with van der Waals surface area (Å²) in [5, 5.41) is 8.94. The van der Waals surface area contributed by atoms with Crippen molar-refractivity contribution in [3.8, 4) is 11.5 Å². The quantitative estimate of drug-likeness (QED) is 0.909. The Hall–Kier alpha value is -0.810. The lowest BCUT2D eigenvalue weighted by atomic mass is 10.2. The molecule has 0 bridgehead atoms. The van der Waals surface area contributed by atoms with Crippen molar-refractivity contribution in [2.24, 2.45) is 0 Å². The third-order valence-electron chi connectivity index (χ3n) is 1.83. The Labute approximate surface area is 89.6 Å². The largest absolute Gasteiger partial charge is 0.496 e. The minimum absolute atomic E-state index is 0.111. The summed E-state index contributed by atoms with van der Waals surface area (Å²) in [6, 6.07) is 1.51. The predicted molar refractivity (Wildman–Crippen MR) is 53.1 cm³/mol. The van der Waals surface area contributed by atoms with Crippen molar-refractivity contribution < 1.29 is 19.0 Å². The van der Waals surface area contributed by atoms with Crippen LogP contribution in [0.15, 0.2) is 10.5 Å². The molecule has 0 saturated heterocycles. The van der Waals surface area contributed by atoms with Gasteiger partial charge in [-0.15, -0.1) is 0 Å². The van der Waals surface area contributed by atoms with Gasteiger partial charge in [0.15, 0.2) is 0 Å². The lowest BCUT2D eigenvalue weighted by Crippen LogP contribution is -1.99. The van der Waals surface area contributed by atoms with Gasteiger partial charge >= 0.3 is 0 Å². The van der Waals surface area contributed by atoms with E-state index in [1.165, 1.54) is 20.3 Å². The first-order chi connectivity index (χ1) is 6.65. The van der Waals surface area contributed by atoms with Gasteiger partial charge in [-0.1, -0.05) is 0 Å². The number of methoxy groups -OCH3 is 2. The normalized spacial score (nSPS) is 10.1. The number of benzene rings is 1. The molecule has 0 unspecified atom stereocenters. The molecule has 0 amide bonds. The first kappa shape index (κ1) is 11.3. The third-order valence-corrected chi connectivity index (χ3v) is 2.57. The predicted octanol–water partition coefficient (Wildman–Crippen LogP) is 2.10. The van der Waals surface area contributed by atoms with Crippen molar-refractivity contribution >= 4 is 15.9 Å². The van der Waals surface area contributed by atoms with E-state index < -0.39 is 12.4 Å². The van der Waals surface area contributed by atoms with E-state index in [9.17, 15) is 4.39 Å². The number of rotatable bonds is 3. The number of halogens is 2. The highest BCUT2D eigenvalue weighted by Gasteiger charge is 2.16. The molecule has 0 radical (unpaired) electrons. The zero-order chi connectivity index (χ0) is 10.7. The first-order valence-corrected chi connectivity index (χ1v) is 4.64. The Kier molecular flexibility index (Phi) is 3.71. The summed E-state index contributed by atoms with van der Waals surface area (Å²) in [6.45, 7) is -0.419. The van der Waals surface area contributed by atoms with Crippen LogP contribution >= 0.6 is 15.9 Å². The van der Waals surface area contributed by atoms with E-state index in [-0.39, 0.29) is 15.8 Å².